The van der Waals surface area contributed by atoms with E-state index in [1.165, 1.54) is 0 Å². The lowest BCUT2D eigenvalue weighted by atomic mass is 10.0. The lowest BCUT2D eigenvalue weighted by Gasteiger charge is -2.31. The normalized spacial score (nSPS) is 17.3. The Hall–Kier alpha value is -4.44. The molecule has 10 heteroatoms. The van der Waals surface area contributed by atoms with Crippen LogP contribution in [0.1, 0.15) is 57.7 Å². The van der Waals surface area contributed by atoms with Crippen molar-refractivity contribution in [2.75, 3.05) is 33.2 Å². The molecule has 2 atom stereocenters. The molecule has 2 aliphatic rings. The smallest absolute Gasteiger partial charge is 0.246 e. The molecule has 0 bridgehead atoms. The van der Waals surface area contributed by atoms with Crippen LogP contribution in [0.4, 0.5) is 0 Å². The summed E-state index contributed by atoms with van der Waals surface area (Å²) in [6.07, 6.45) is 6.75. The molecule has 45 heavy (non-hydrogen) atoms. The summed E-state index contributed by atoms with van der Waals surface area (Å²) in [4.78, 5) is 38.6. The predicted molar refractivity (Wildman–Crippen MR) is 179 cm³/mol. The second kappa shape index (κ2) is 13.7. The molecule has 2 aromatic heterocycles. The predicted octanol–water partition coefficient (Wildman–Crippen LogP) is 5.21. The molecule has 236 valence electrons. The summed E-state index contributed by atoms with van der Waals surface area (Å²) >= 11 is 0. The molecule has 4 N–H and O–H groups in total. The van der Waals surface area contributed by atoms with Crippen molar-refractivity contribution in [3.63, 3.8) is 0 Å². The first kappa shape index (κ1) is 30.6. The number of rotatable bonds is 11. The second-order valence-electron chi connectivity index (χ2n) is 12.4. The first-order chi connectivity index (χ1) is 21.9. The van der Waals surface area contributed by atoms with Crippen molar-refractivity contribution < 1.29 is 4.79 Å². The molecular formula is C35H45N9O. The number of likely N-dealkylation sites (N-methyl/N-ethyl adjacent to an activating group) is 1. The average molecular weight is 608 g/mol. The van der Waals surface area contributed by atoms with Gasteiger partial charge in [-0.2, -0.15) is 0 Å². The summed E-state index contributed by atoms with van der Waals surface area (Å²) in [5, 5.41) is 6.81. The van der Waals surface area contributed by atoms with Gasteiger partial charge in [-0.05, 0) is 54.0 Å². The van der Waals surface area contributed by atoms with Crippen molar-refractivity contribution in [2.45, 2.75) is 58.7 Å². The Morgan fingerprint density at radius 2 is 1.58 bits per heavy atom. The molecule has 4 aromatic rings. The number of H-pyrrole nitrogens is 2. The van der Waals surface area contributed by atoms with E-state index in [-0.39, 0.29) is 23.9 Å². The molecule has 1 amide bonds. The van der Waals surface area contributed by atoms with E-state index < -0.39 is 0 Å². The maximum Gasteiger partial charge on any atom is 0.246 e. The quantitative estimate of drug-likeness (QED) is 0.174. The number of benzene rings is 2. The van der Waals surface area contributed by atoms with Crippen molar-refractivity contribution in [1.29, 1.82) is 0 Å². The zero-order valence-corrected chi connectivity index (χ0v) is 26.8. The van der Waals surface area contributed by atoms with Crippen LogP contribution in [0.15, 0.2) is 65.9 Å². The van der Waals surface area contributed by atoms with Crippen LogP contribution >= 0.6 is 0 Å². The Morgan fingerprint density at radius 3 is 2.20 bits per heavy atom. The number of aliphatic imine (C=N–C) groups is 1. The lowest BCUT2D eigenvalue weighted by molar-refractivity contribution is -0.135. The molecule has 2 aromatic carbocycles. The largest absolute Gasteiger partial charge is 0.344 e. The number of hydrogen-bond donors (Lipinski definition) is 4. The average Bonchev–Trinajstić information content (AvgIpc) is 3.87. The number of carbonyl (C=O) groups is 1. The van der Waals surface area contributed by atoms with Gasteiger partial charge in [0, 0.05) is 20.1 Å². The van der Waals surface area contributed by atoms with Crippen molar-refractivity contribution >= 4 is 11.9 Å². The van der Waals surface area contributed by atoms with Crippen LogP contribution in [0.5, 0.6) is 0 Å². The SMILES string of the molecule is CCCNCc1ncc(-c2ccc(-c3ccc(-c4cnc([C@@H]5CCCN5C(=O)[C@@H](NC5=NCCN5C)C(C)C)[nH]4)cc3)cc2)[nH]1. The third kappa shape index (κ3) is 6.81. The molecule has 4 heterocycles. The molecular weight excluding hydrogens is 562 g/mol. The summed E-state index contributed by atoms with van der Waals surface area (Å²) in [6, 6.07) is 16.7. The van der Waals surface area contributed by atoms with E-state index in [2.05, 4.69) is 105 Å². The zero-order valence-electron chi connectivity index (χ0n) is 26.8. The molecule has 2 aliphatic heterocycles. The maximum atomic E-state index is 13.8. The molecule has 0 saturated carbocycles. The van der Waals surface area contributed by atoms with E-state index >= 15 is 0 Å². The fourth-order valence-electron chi connectivity index (χ4n) is 6.15. The van der Waals surface area contributed by atoms with Gasteiger partial charge in [0.2, 0.25) is 5.91 Å². The van der Waals surface area contributed by atoms with E-state index in [1.807, 2.05) is 24.3 Å². The molecule has 0 radical (unpaired) electrons. The molecule has 0 aliphatic carbocycles. The van der Waals surface area contributed by atoms with Crippen LogP contribution in [0.25, 0.3) is 33.6 Å². The summed E-state index contributed by atoms with van der Waals surface area (Å²) < 4.78 is 0. The number of carbonyl (C=O) groups excluding carboxylic acids is 1. The molecule has 6 rings (SSSR count). The van der Waals surface area contributed by atoms with Gasteiger partial charge < -0.3 is 30.4 Å². The topological polar surface area (TPSA) is 117 Å². The van der Waals surface area contributed by atoms with Gasteiger partial charge in [-0.15, -0.1) is 0 Å². The third-order valence-electron chi connectivity index (χ3n) is 8.80. The van der Waals surface area contributed by atoms with Gasteiger partial charge in [-0.25, -0.2) is 9.97 Å². The van der Waals surface area contributed by atoms with Crippen molar-refractivity contribution in [1.82, 2.24) is 40.4 Å². The molecule has 10 nitrogen and oxygen atoms in total. The van der Waals surface area contributed by atoms with Crippen molar-refractivity contribution in [3.8, 4) is 33.6 Å². The number of likely N-dealkylation sites (tertiary alicyclic amines) is 1. The minimum absolute atomic E-state index is 0.0612. The highest BCUT2D eigenvalue weighted by atomic mass is 16.2. The van der Waals surface area contributed by atoms with E-state index in [4.69, 9.17) is 4.98 Å². The monoisotopic (exact) mass is 607 g/mol. The van der Waals surface area contributed by atoms with E-state index in [1.54, 1.807) is 0 Å². The maximum absolute atomic E-state index is 13.8. The standard InChI is InChI=1S/C35H45N9O/c1-5-16-36-22-31-38-20-28(40-31)26-12-8-24(9-13-26)25-10-14-27(15-11-25)29-21-39-33(41-29)30-7-6-18-44(30)34(45)32(23(2)3)42-35-37-17-19-43(35)4/h8-15,20-21,23,30,32,36H,5-7,16-19,22H2,1-4H3,(H,37,42)(H,38,40)(H,39,41)/t30-,32-/m0/s1. The fraction of sp³-hybridized carbons (Fsp3) is 0.429. The first-order valence-corrected chi connectivity index (χ1v) is 16.2. The van der Waals surface area contributed by atoms with E-state index in [0.29, 0.717) is 0 Å². The Bertz CT molecular complexity index is 1600. The zero-order chi connectivity index (χ0) is 31.3. The fourth-order valence-corrected chi connectivity index (χ4v) is 6.15. The Balaban J connectivity index is 1.11. The minimum Gasteiger partial charge on any atom is -0.344 e. The van der Waals surface area contributed by atoms with Crippen LogP contribution in [0.2, 0.25) is 0 Å². The molecule has 0 spiro atoms. The molecule has 1 fully saturated rings. The van der Waals surface area contributed by atoms with Crippen LogP contribution in [-0.4, -0.2) is 80.9 Å². The molecule has 1 saturated heterocycles. The van der Waals surface area contributed by atoms with E-state index in [9.17, 15) is 4.79 Å². The third-order valence-corrected chi connectivity index (χ3v) is 8.80. The number of aromatic amines is 2. The lowest BCUT2D eigenvalue weighted by Crippen LogP contribution is -2.53. The number of amides is 1. The number of aromatic nitrogens is 4. The Labute approximate surface area is 265 Å². The van der Waals surface area contributed by atoms with Crippen LogP contribution in [-0.2, 0) is 11.3 Å². The van der Waals surface area contributed by atoms with Gasteiger partial charge in [-0.1, -0.05) is 69.3 Å². The van der Waals surface area contributed by atoms with Crippen LogP contribution in [0, 0.1) is 5.92 Å². The summed E-state index contributed by atoms with van der Waals surface area (Å²) in [5.74, 6) is 2.84. The summed E-state index contributed by atoms with van der Waals surface area (Å²) in [7, 11) is 2.01. The van der Waals surface area contributed by atoms with Gasteiger partial charge in [0.15, 0.2) is 5.96 Å². The number of nitrogens with zero attached hydrogens (tertiary/aromatic N) is 5. The number of hydrogen-bond acceptors (Lipinski definition) is 7. The highest BCUT2D eigenvalue weighted by Crippen LogP contribution is 2.33. The molecule has 0 unspecified atom stereocenters. The van der Waals surface area contributed by atoms with Crippen molar-refractivity contribution in [2.24, 2.45) is 10.9 Å². The van der Waals surface area contributed by atoms with Gasteiger partial charge in [0.25, 0.3) is 0 Å². The van der Waals surface area contributed by atoms with Gasteiger partial charge in [0.1, 0.15) is 17.7 Å². The first-order valence-electron chi connectivity index (χ1n) is 16.2. The summed E-state index contributed by atoms with van der Waals surface area (Å²) in [5.41, 5.74) is 6.46. The number of imidazole rings is 2. The number of guanidine groups is 1. The van der Waals surface area contributed by atoms with Gasteiger partial charge in [0.05, 0.1) is 42.9 Å². The minimum atomic E-state index is -0.328. The summed E-state index contributed by atoms with van der Waals surface area (Å²) in [6.45, 7) is 10.4. The Kier molecular flexibility index (Phi) is 9.30. The Morgan fingerprint density at radius 1 is 0.933 bits per heavy atom. The number of nitrogens with one attached hydrogen (secondary N) is 4. The van der Waals surface area contributed by atoms with Crippen molar-refractivity contribution in [3.05, 3.63) is 72.6 Å². The van der Waals surface area contributed by atoms with Crippen LogP contribution in [0.3, 0.4) is 0 Å². The highest BCUT2D eigenvalue weighted by molar-refractivity contribution is 5.90. The van der Waals surface area contributed by atoms with Gasteiger partial charge in [-0.3, -0.25) is 9.79 Å². The highest BCUT2D eigenvalue weighted by Gasteiger charge is 2.37. The van der Waals surface area contributed by atoms with E-state index in [0.717, 1.165) is 103 Å². The van der Waals surface area contributed by atoms with Crippen LogP contribution < -0.4 is 10.6 Å². The second-order valence-corrected chi connectivity index (χ2v) is 12.4. The van der Waals surface area contributed by atoms with Gasteiger partial charge >= 0.3 is 0 Å².